The minimum Gasteiger partial charge on any atom is -0.282 e. The van der Waals surface area contributed by atoms with Gasteiger partial charge in [-0.05, 0) is 6.92 Å². The SMILES string of the molecule is CCN1C(=O)C2CN(N)CC2C1=O. The Morgan fingerprint density at radius 1 is 1.31 bits per heavy atom. The Hall–Kier alpha value is -0.940. The van der Waals surface area contributed by atoms with Gasteiger partial charge in [0, 0.05) is 19.6 Å². The highest BCUT2D eigenvalue weighted by Gasteiger charge is 2.51. The number of nitrogens with zero attached hydrogens (tertiary/aromatic N) is 2. The average molecular weight is 183 g/mol. The van der Waals surface area contributed by atoms with Crippen molar-refractivity contribution in [3.05, 3.63) is 0 Å². The van der Waals surface area contributed by atoms with Gasteiger partial charge in [-0.25, -0.2) is 5.01 Å². The lowest BCUT2D eigenvalue weighted by Gasteiger charge is -2.15. The molecule has 2 aliphatic rings. The van der Waals surface area contributed by atoms with Gasteiger partial charge in [-0.1, -0.05) is 0 Å². The molecular weight excluding hydrogens is 170 g/mol. The molecule has 2 rings (SSSR count). The molecule has 2 saturated heterocycles. The van der Waals surface area contributed by atoms with E-state index in [1.54, 1.807) is 5.01 Å². The lowest BCUT2D eigenvalue weighted by atomic mass is 10.00. The number of hydrazine groups is 1. The first-order chi connectivity index (χ1) is 6.15. The van der Waals surface area contributed by atoms with Crippen molar-refractivity contribution >= 4 is 11.8 Å². The molecule has 2 N–H and O–H groups in total. The van der Waals surface area contributed by atoms with Crippen molar-refractivity contribution in [2.45, 2.75) is 6.92 Å². The summed E-state index contributed by atoms with van der Waals surface area (Å²) in [4.78, 5) is 24.5. The topological polar surface area (TPSA) is 66.6 Å². The van der Waals surface area contributed by atoms with Crippen molar-refractivity contribution in [2.75, 3.05) is 19.6 Å². The van der Waals surface area contributed by atoms with Crippen LogP contribution in [0.2, 0.25) is 0 Å². The van der Waals surface area contributed by atoms with E-state index in [4.69, 9.17) is 5.84 Å². The van der Waals surface area contributed by atoms with Crippen LogP contribution in [0.3, 0.4) is 0 Å². The van der Waals surface area contributed by atoms with Gasteiger partial charge in [-0.3, -0.25) is 20.3 Å². The predicted molar refractivity (Wildman–Crippen MR) is 45.1 cm³/mol. The molecule has 0 radical (unpaired) electrons. The molecule has 2 fully saturated rings. The van der Waals surface area contributed by atoms with E-state index in [9.17, 15) is 9.59 Å². The largest absolute Gasteiger partial charge is 0.282 e. The summed E-state index contributed by atoms with van der Waals surface area (Å²) in [7, 11) is 0. The Kier molecular flexibility index (Phi) is 1.85. The number of nitrogens with two attached hydrogens (primary N) is 1. The fourth-order valence-corrected chi connectivity index (χ4v) is 2.16. The number of hydrogen-bond donors (Lipinski definition) is 1. The molecule has 2 amide bonds. The molecule has 5 heteroatoms. The van der Waals surface area contributed by atoms with Gasteiger partial charge in [0.05, 0.1) is 11.8 Å². The molecule has 0 aromatic rings. The van der Waals surface area contributed by atoms with Gasteiger partial charge < -0.3 is 0 Å². The fraction of sp³-hybridized carbons (Fsp3) is 0.750. The first-order valence-corrected chi connectivity index (χ1v) is 4.50. The fourth-order valence-electron chi connectivity index (χ4n) is 2.16. The second-order valence-electron chi connectivity index (χ2n) is 3.59. The number of likely N-dealkylation sites (tertiary alicyclic amines) is 1. The summed E-state index contributed by atoms with van der Waals surface area (Å²) in [6, 6.07) is 0. The van der Waals surface area contributed by atoms with Gasteiger partial charge in [0.2, 0.25) is 11.8 Å². The normalized spacial score (nSPS) is 34.5. The van der Waals surface area contributed by atoms with E-state index in [2.05, 4.69) is 0 Å². The number of carbonyl (C=O) groups is 2. The highest BCUT2D eigenvalue weighted by Crippen LogP contribution is 2.31. The van der Waals surface area contributed by atoms with Crippen LogP contribution in [0.15, 0.2) is 0 Å². The van der Waals surface area contributed by atoms with E-state index in [0.29, 0.717) is 19.6 Å². The summed E-state index contributed by atoms with van der Waals surface area (Å²) >= 11 is 0. The van der Waals surface area contributed by atoms with Crippen LogP contribution in [0.4, 0.5) is 0 Å². The summed E-state index contributed by atoms with van der Waals surface area (Å²) in [5.41, 5.74) is 0. The third-order valence-corrected chi connectivity index (χ3v) is 2.83. The van der Waals surface area contributed by atoms with E-state index in [1.807, 2.05) is 6.92 Å². The van der Waals surface area contributed by atoms with Gasteiger partial charge in [-0.2, -0.15) is 0 Å². The molecule has 2 atom stereocenters. The second kappa shape index (κ2) is 2.78. The van der Waals surface area contributed by atoms with Crippen LogP contribution < -0.4 is 5.84 Å². The third-order valence-electron chi connectivity index (χ3n) is 2.83. The zero-order chi connectivity index (χ0) is 9.59. The molecule has 2 unspecified atom stereocenters. The smallest absolute Gasteiger partial charge is 0.234 e. The van der Waals surface area contributed by atoms with Crippen LogP contribution in [0.1, 0.15) is 6.92 Å². The van der Waals surface area contributed by atoms with Crippen LogP contribution in [-0.4, -0.2) is 41.4 Å². The lowest BCUT2D eigenvalue weighted by molar-refractivity contribution is -0.140. The summed E-state index contributed by atoms with van der Waals surface area (Å²) in [5.74, 6) is 5.08. The minimum atomic E-state index is -0.183. The standard InChI is InChI=1S/C8H13N3O2/c1-2-11-7(12)5-3-10(9)4-6(5)8(11)13/h5-6H,2-4,9H2,1H3. The highest BCUT2D eigenvalue weighted by molar-refractivity contribution is 6.05. The van der Waals surface area contributed by atoms with E-state index >= 15 is 0 Å². The maximum atomic E-state index is 11.6. The zero-order valence-electron chi connectivity index (χ0n) is 7.56. The molecule has 0 aromatic heterocycles. The molecule has 0 aromatic carbocycles. The monoisotopic (exact) mass is 183 g/mol. The van der Waals surface area contributed by atoms with Crippen molar-refractivity contribution in [1.29, 1.82) is 0 Å². The van der Waals surface area contributed by atoms with Crippen molar-refractivity contribution < 1.29 is 9.59 Å². The van der Waals surface area contributed by atoms with Gasteiger partial charge in [0.15, 0.2) is 0 Å². The van der Waals surface area contributed by atoms with E-state index in [1.165, 1.54) is 4.90 Å². The Labute approximate surface area is 76.4 Å². The quantitative estimate of drug-likeness (QED) is 0.409. The number of amides is 2. The Balaban J connectivity index is 2.23. The number of fused-ring (bicyclic) bond motifs is 1. The molecule has 0 bridgehead atoms. The molecule has 2 aliphatic heterocycles. The molecule has 5 nitrogen and oxygen atoms in total. The van der Waals surface area contributed by atoms with Crippen molar-refractivity contribution in [3.63, 3.8) is 0 Å². The van der Waals surface area contributed by atoms with E-state index < -0.39 is 0 Å². The Morgan fingerprint density at radius 2 is 1.77 bits per heavy atom. The molecule has 0 spiro atoms. The van der Waals surface area contributed by atoms with Crippen LogP contribution in [0, 0.1) is 11.8 Å². The number of hydrogen-bond acceptors (Lipinski definition) is 4. The van der Waals surface area contributed by atoms with Crippen molar-refractivity contribution in [3.8, 4) is 0 Å². The molecule has 0 aliphatic carbocycles. The number of carbonyl (C=O) groups excluding carboxylic acids is 2. The second-order valence-corrected chi connectivity index (χ2v) is 3.59. The maximum Gasteiger partial charge on any atom is 0.234 e. The number of imide groups is 1. The van der Waals surface area contributed by atoms with Crippen molar-refractivity contribution in [2.24, 2.45) is 17.7 Å². The minimum absolute atomic E-state index is 0.0505. The third kappa shape index (κ3) is 1.08. The summed E-state index contributed by atoms with van der Waals surface area (Å²) in [6.45, 7) is 3.34. The summed E-state index contributed by atoms with van der Waals surface area (Å²) in [5, 5.41) is 1.55. The molecular formula is C8H13N3O2. The number of rotatable bonds is 1. The molecule has 72 valence electrons. The van der Waals surface area contributed by atoms with Gasteiger partial charge in [0.1, 0.15) is 0 Å². The Morgan fingerprint density at radius 3 is 2.15 bits per heavy atom. The summed E-state index contributed by atoms with van der Waals surface area (Å²) < 4.78 is 0. The summed E-state index contributed by atoms with van der Waals surface area (Å²) in [6.07, 6.45) is 0. The highest BCUT2D eigenvalue weighted by atomic mass is 16.2. The first kappa shape index (κ1) is 8.65. The lowest BCUT2D eigenvalue weighted by Crippen LogP contribution is -2.38. The van der Waals surface area contributed by atoms with E-state index in [-0.39, 0.29) is 23.7 Å². The first-order valence-electron chi connectivity index (χ1n) is 4.50. The van der Waals surface area contributed by atoms with Crippen molar-refractivity contribution in [1.82, 2.24) is 9.91 Å². The zero-order valence-corrected chi connectivity index (χ0v) is 7.56. The molecule has 13 heavy (non-hydrogen) atoms. The molecule has 2 heterocycles. The van der Waals surface area contributed by atoms with Gasteiger partial charge in [-0.15, -0.1) is 0 Å². The molecule has 0 saturated carbocycles. The van der Waals surface area contributed by atoms with Crippen LogP contribution >= 0.6 is 0 Å². The Bertz CT molecular complexity index is 242. The van der Waals surface area contributed by atoms with Crippen LogP contribution in [0.5, 0.6) is 0 Å². The van der Waals surface area contributed by atoms with Gasteiger partial charge in [0.25, 0.3) is 0 Å². The maximum absolute atomic E-state index is 11.6. The van der Waals surface area contributed by atoms with Crippen LogP contribution in [0.25, 0.3) is 0 Å². The average Bonchev–Trinajstić information content (AvgIpc) is 2.55. The van der Waals surface area contributed by atoms with Crippen LogP contribution in [-0.2, 0) is 9.59 Å². The predicted octanol–water partition coefficient (Wildman–Crippen LogP) is -1.20. The van der Waals surface area contributed by atoms with E-state index in [0.717, 1.165) is 0 Å². The van der Waals surface area contributed by atoms with Gasteiger partial charge >= 0.3 is 0 Å².